The predicted octanol–water partition coefficient (Wildman–Crippen LogP) is 14.1. The number of fused-ring (bicyclic) bond motifs is 12. The third-order valence-corrected chi connectivity index (χ3v) is 12.7. The zero-order valence-electron chi connectivity index (χ0n) is 31.9. The molecule has 2 heteroatoms. The monoisotopic (exact) mass is 738 g/mol. The van der Waals surface area contributed by atoms with Crippen molar-refractivity contribution in [2.45, 2.75) is 12.0 Å². The summed E-state index contributed by atoms with van der Waals surface area (Å²) in [6.45, 7) is 0.675. The van der Waals surface area contributed by atoms with Crippen molar-refractivity contribution in [1.82, 2.24) is 4.57 Å². The average molecular weight is 739 g/mol. The van der Waals surface area contributed by atoms with Crippen LogP contribution in [0.25, 0.3) is 60.9 Å². The van der Waals surface area contributed by atoms with Gasteiger partial charge in [-0.2, -0.15) is 0 Å². The summed E-state index contributed by atoms with van der Waals surface area (Å²) < 4.78 is 2.53. The maximum Gasteiger partial charge on any atom is 0.0757 e. The molecular weight excluding hydrogens is 701 g/mol. The fourth-order valence-corrected chi connectivity index (χ4v) is 10.4. The van der Waals surface area contributed by atoms with Gasteiger partial charge in [0, 0.05) is 34.3 Å². The highest BCUT2D eigenvalue weighted by molar-refractivity contribution is 6.13. The normalized spacial score (nSPS) is 14.7. The molecule has 0 bridgehead atoms. The average Bonchev–Trinajstić information content (AvgIpc) is 3.80. The van der Waals surface area contributed by atoms with Crippen molar-refractivity contribution in [3.05, 3.63) is 246 Å². The first kappa shape index (κ1) is 32.8. The Morgan fingerprint density at radius 3 is 1.81 bits per heavy atom. The van der Waals surface area contributed by atoms with Gasteiger partial charge in [-0.1, -0.05) is 188 Å². The standard InChI is InChI=1S/C56H38N2/c1-3-17-38(18-4-1)39-33-35-42(36-34-39)57(51-30-12-8-22-43(51)40-19-5-2-6-20-40)37-41-21-15-25-46-44-23-7-10-27-48(44)56(54(41)46)49-28-11-14-32-53(49)58-52-31-13-9-24-45(52)47-26-16-29-50(56)55(47)58/h1-36H,37H2. The van der Waals surface area contributed by atoms with E-state index < -0.39 is 5.41 Å². The van der Waals surface area contributed by atoms with E-state index in [1.54, 1.807) is 0 Å². The van der Waals surface area contributed by atoms with Crippen LogP contribution in [-0.4, -0.2) is 4.57 Å². The van der Waals surface area contributed by atoms with Gasteiger partial charge in [-0.25, -0.2) is 0 Å². The zero-order valence-corrected chi connectivity index (χ0v) is 31.9. The highest BCUT2D eigenvalue weighted by Crippen LogP contribution is 2.62. The molecule has 1 atom stereocenters. The van der Waals surface area contributed by atoms with Crippen molar-refractivity contribution in [1.29, 1.82) is 0 Å². The molecule has 0 N–H and O–H groups in total. The van der Waals surface area contributed by atoms with E-state index in [0.29, 0.717) is 6.54 Å². The Morgan fingerprint density at radius 1 is 0.397 bits per heavy atom. The minimum Gasteiger partial charge on any atom is -0.336 e. The lowest BCUT2D eigenvalue weighted by Gasteiger charge is -2.41. The van der Waals surface area contributed by atoms with E-state index in [1.807, 2.05) is 0 Å². The number of nitrogens with zero attached hydrogens (tertiary/aromatic N) is 2. The van der Waals surface area contributed by atoms with Crippen molar-refractivity contribution in [2.24, 2.45) is 0 Å². The lowest BCUT2D eigenvalue weighted by atomic mass is 9.64. The Labute approximate surface area is 338 Å². The van der Waals surface area contributed by atoms with Crippen molar-refractivity contribution in [3.8, 4) is 39.1 Å². The topological polar surface area (TPSA) is 8.17 Å². The highest BCUT2D eigenvalue weighted by atomic mass is 15.1. The van der Waals surface area contributed by atoms with Crippen LogP contribution in [-0.2, 0) is 12.0 Å². The predicted molar refractivity (Wildman–Crippen MR) is 241 cm³/mol. The molecule has 0 saturated heterocycles. The number of hydrogen-bond acceptors (Lipinski definition) is 1. The summed E-state index contributed by atoms with van der Waals surface area (Å²) in [6.07, 6.45) is 0. The molecule has 0 amide bonds. The van der Waals surface area contributed by atoms with Crippen LogP contribution in [0.15, 0.2) is 218 Å². The van der Waals surface area contributed by atoms with Crippen LogP contribution in [0.5, 0.6) is 0 Å². The van der Waals surface area contributed by atoms with E-state index in [-0.39, 0.29) is 0 Å². The Kier molecular flexibility index (Phi) is 7.24. The maximum atomic E-state index is 2.54. The molecule has 2 heterocycles. The SMILES string of the molecule is c1ccc(-c2ccc(N(Cc3cccc4c3C3(c5ccccc5-4)c4ccccc4-n4c5ccccc5c5cccc3c54)c3ccccc3-c3ccccc3)cc2)cc1. The van der Waals surface area contributed by atoms with E-state index in [9.17, 15) is 0 Å². The van der Waals surface area contributed by atoms with Gasteiger partial charge in [0.25, 0.3) is 0 Å². The third-order valence-electron chi connectivity index (χ3n) is 12.7. The van der Waals surface area contributed by atoms with Gasteiger partial charge in [0.2, 0.25) is 0 Å². The maximum absolute atomic E-state index is 2.54. The first-order valence-corrected chi connectivity index (χ1v) is 20.2. The van der Waals surface area contributed by atoms with Crippen molar-refractivity contribution in [3.63, 3.8) is 0 Å². The molecule has 10 aromatic rings. The Hall–Kier alpha value is -7.42. The van der Waals surface area contributed by atoms with Gasteiger partial charge in [0.15, 0.2) is 0 Å². The Bertz CT molecular complexity index is 3190. The minimum atomic E-state index is -0.537. The van der Waals surface area contributed by atoms with Gasteiger partial charge in [0.1, 0.15) is 0 Å². The number of hydrogen-bond donors (Lipinski definition) is 0. The molecule has 272 valence electrons. The van der Waals surface area contributed by atoms with Crippen molar-refractivity contribution >= 4 is 33.2 Å². The smallest absolute Gasteiger partial charge is 0.0757 e. The van der Waals surface area contributed by atoms with Gasteiger partial charge in [-0.05, 0) is 86.0 Å². The van der Waals surface area contributed by atoms with E-state index in [4.69, 9.17) is 0 Å². The third kappa shape index (κ3) is 4.60. The van der Waals surface area contributed by atoms with Crippen LogP contribution in [0.3, 0.4) is 0 Å². The molecule has 1 unspecified atom stereocenters. The second kappa shape index (κ2) is 12.8. The largest absolute Gasteiger partial charge is 0.336 e. The van der Waals surface area contributed by atoms with Crippen LogP contribution < -0.4 is 4.90 Å². The van der Waals surface area contributed by atoms with Gasteiger partial charge in [-0.3, -0.25) is 0 Å². The molecule has 58 heavy (non-hydrogen) atoms. The molecule has 1 aromatic heterocycles. The number of rotatable bonds is 6. The fourth-order valence-electron chi connectivity index (χ4n) is 10.4. The first-order valence-electron chi connectivity index (χ1n) is 20.2. The van der Waals surface area contributed by atoms with Gasteiger partial charge in [0.05, 0.1) is 22.1 Å². The van der Waals surface area contributed by atoms with E-state index in [1.165, 1.54) is 94.4 Å². The summed E-state index contributed by atoms with van der Waals surface area (Å²) >= 11 is 0. The highest BCUT2D eigenvalue weighted by Gasteiger charge is 2.51. The summed E-state index contributed by atoms with van der Waals surface area (Å²) in [5.74, 6) is 0. The number of aromatic nitrogens is 1. The van der Waals surface area contributed by atoms with Crippen molar-refractivity contribution in [2.75, 3.05) is 4.90 Å². The van der Waals surface area contributed by atoms with Crippen LogP contribution >= 0.6 is 0 Å². The quantitative estimate of drug-likeness (QED) is 0.165. The van der Waals surface area contributed by atoms with Gasteiger partial charge >= 0.3 is 0 Å². The summed E-state index contributed by atoms with van der Waals surface area (Å²) in [4.78, 5) is 2.54. The van der Waals surface area contributed by atoms with E-state index in [0.717, 1.165) is 5.69 Å². The van der Waals surface area contributed by atoms with Crippen LogP contribution in [0.4, 0.5) is 11.4 Å². The molecule has 0 saturated carbocycles. The van der Waals surface area contributed by atoms with Crippen LogP contribution in [0.1, 0.15) is 27.8 Å². The number of benzene rings is 9. The zero-order chi connectivity index (χ0) is 38.2. The molecule has 2 nitrogen and oxygen atoms in total. The van der Waals surface area contributed by atoms with Crippen molar-refractivity contribution < 1.29 is 0 Å². The molecule has 12 rings (SSSR count). The first-order chi connectivity index (χ1) is 28.8. The molecule has 0 fully saturated rings. The van der Waals surface area contributed by atoms with Gasteiger partial charge < -0.3 is 9.47 Å². The fraction of sp³-hybridized carbons (Fsp3) is 0.0357. The minimum absolute atomic E-state index is 0.537. The van der Waals surface area contributed by atoms with Crippen LogP contribution in [0, 0.1) is 0 Å². The second-order valence-electron chi connectivity index (χ2n) is 15.6. The lowest BCUT2D eigenvalue weighted by molar-refractivity contribution is 0.734. The Balaban J connectivity index is 1.13. The summed E-state index contributed by atoms with van der Waals surface area (Å²) in [5, 5.41) is 2.58. The van der Waals surface area contributed by atoms with E-state index >= 15 is 0 Å². The number of para-hydroxylation sites is 4. The molecule has 0 radical (unpaired) electrons. The number of anilines is 2. The molecule has 1 aliphatic heterocycles. The second-order valence-corrected chi connectivity index (χ2v) is 15.6. The summed E-state index contributed by atoms with van der Waals surface area (Å²) in [6, 6.07) is 80.7. The summed E-state index contributed by atoms with van der Waals surface area (Å²) in [7, 11) is 0. The molecule has 1 spiro atoms. The summed E-state index contributed by atoms with van der Waals surface area (Å²) in [5.41, 5.74) is 19.7. The lowest BCUT2D eigenvalue weighted by Crippen LogP contribution is -2.35. The van der Waals surface area contributed by atoms with E-state index in [2.05, 4.69) is 228 Å². The molecule has 9 aromatic carbocycles. The molecule has 1 aliphatic carbocycles. The molecule has 2 aliphatic rings. The van der Waals surface area contributed by atoms with Gasteiger partial charge in [-0.15, -0.1) is 0 Å². The molecular formula is C56H38N2. The Morgan fingerprint density at radius 2 is 0.983 bits per heavy atom. The van der Waals surface area contributed by atoms with Crippen LogP contribution in [0.2, 0.25) is 0 Å².